The number of carbonyl (C=O) groups is 1. The normalized spacial score (nSPS) is 10.7. The van der Waals surface area contributed by atoms with E-state index < -0.39 is 0 Å². The summed E-state index contributed by atoms with van der Waals surface area (Å²) < 4.78 is 2.04. The van der Waals surface area contributed by atoms with E-state index in [1.165, 1.54) is 11.8 Å². The third-order valence-corrected chi connectivity index (χ3v) is 5.31. The lowest BCUT2D eigenvalue weighted by Crippen LogP contribution is -2.14. The predicted molar refractivity (Wildman–Crippen MR) is 116 cm³/mol. The van der Waals surface area contributed by atoms with Crippen molar-refractivity contribution >= 4 is 29.0 Å². The van der Waals surface area contributed by atoms with Gasteiger partial charge in [0, 0.05) is 37.6 Å². The lowest BCUT2D eigenvalue weighted by Gasteiger charge is -2.13. The fourth-order valence-corrected chi connectivity index (χ4v) is 3.57. The second-order valence-electron chi connectivity index (χ2n) is 6.69. The van der Waals surface area contributed by atoms with Crippen molar-refractivity contribution in [2.45, 2.75) is 25.5 Å². The lowest BCUT2D eigenvalue weighted by molar-refractivity contribution is -0.113. The lowest BCUT2D eigenvalue weighted by atomic mass is 10.2. The highest BCUT2D eigenvalue weighted by molar-refractivity contribution is 7.99. The smallest absolute Gasteiger partial charge is 0.234 e. The van der Waals surface area contributed by atoms with Crippen LogP contribution in [0.1, 0.15) is 12.5 Å². The van der Waals surface area contributed by atoms with Crippen LogP contribution in [0.15, 0.2) is 53.7 Å². The summed E-state index contributed by atoms with van der Waals surface area (Å²) in [6.45, 7) is 4.81. The van der Waals surface area contributed by atoms with Crippen LogP contribution in [0.3, 0.4) is 0 Å². The highest BCUT2D eigenvalue weighted by Crippen LogP contribution is 2.25. The maximum absolute atomic E-state index is 12.3. The number of rotatable bonds is 7. The number of thioether (sulfide) groups is 1. The standard InChI is InChI=1S/C21H25N5OS/c1-5-26-20(16-8-12-18(13-9-16)25(3)4)23-24-21(26)28-14-19(27)22-17-10-6-15(2)7-11-17/h6-13H,5,14H2,1-4H3,(H,22,27). The Morgan fingerprint density at radius 1 is 1.07 bits per heavy atom. The number of nitrogens with one attached hydrogen (secondary N) is 1. The van der Waals surface area contributed by atoms with Gasteiger partial charge < -0.3 is 14.8 Å². The summed E-state index contributed by atoms with van der Waals surface area (Å²) in [7, 11) is 4.03. The van der Waals surface area contributed by atoms with Crippen LogP contribution in [-0.4, -0.2) is 40.5 Å². The summed E-state index contributed by atoms with van der Waals surface area (Å²) in [5.41, 5.74) is 4.11. The number of aryl methyl sites for hydroxylation is 1. The number of benzene rings is 2. The molecule has 0 radical (unpaired) electrons. The Balaban J connectivity index is 1.68. The first-order valence-electron chi connectivity index (χ1n) is 9.18. The number of hydrogen-bond acceptors (Lipinski definition) is 5. The van der Waals surface area contributed by atoms with Gasteiger partial charge in [-0.1, -0.05) is 29.5 Å². The van der Waals surface area contributed by atoms with Crippen molar-refractivity contribution < 1.29 is 4.79 Å². The van der Waals surface area contributed by atoms with E-state index in [2.05, 4.69) is 39.5 Å². The van der Waals surface area contributed by atoms with E-state index in [9.17, 15) is 4.79 Å². The fourth-order valence-electron chi connectivity index (χ4n) is 2.77. The molecule has 3 rings (SSSR count). The average molecular weight is 396 g/mol. The van der Waals surface area contributed by atoms with Crippen LogP contribution in [0, 0.1) is 6.92 Å². The van der Waals surface area contributed by atoms with Crippen LogP contribution < -0.4 is 10.2 Å². The largest absolute Gasteiger partial charge is 0.378 e. The Morgan fingerprint density at radius 2 is 1.75 bits per heavy atom. The molecule has 1 heterocycles. The molecule has 0 bridgehead atoms. The number of aromatic nitrogens is 3. The molecule has 0 unspecified atom stereocenters. The van der Waals surface area contributed by atoms with Gasteiger partial charge in [-0.05, 0) is 50.2 Å². The molecule has 3 aromatic rings. The Bertz CT molecular complexity index is 932. The second-order valence-corrected chi connectivity index (χ2v) is 7.64. The number of amides is 1. The Labute approximate surface area is 170 Å². The molecule has 28 heavy (non-hydrogen) atoms. The molecule has 0 aliphatic heterocycles. The van der Waals surface area contributed by atoms with E-state index in [4.69, 9.17) is 0 Å². The third kappa shape index (κ3) is 4.72. The molecule has 0 atom stereocenters. The van der Waals surface area contributed by atoms with Gasteiger partial charge in [0.1, 0.15) is 0 Å². The summed E-state index contributed by atoms with van der Waals surface area (Å²) in [5, 5.41) is 12.3. The van der Waals surface area contributed by atoms with Gasteiger partial charge in [0.2, 0.25) is 5.91 Å². The Kier molecular flexibility index (Phi) is 6.36. The molecule has 7 heteroatoms. The molecular weight excluding hydrogens is 370 g/mol. The summed E-state index contributed by atoms with van der Waals surface area (Å²) in [4.78, 5) is 14.3. The maximum atomic E-state index is 12.3. The third-order valence-electron chi connectivity index (χ3n) is 4.34. The predicted octanol–water partition coefficient (Wildman–Crippen LogP) is 4.07. The number of nitrogens with zero attached hydrogens (tertiary/aromatic N) is 4. The van der Waals surface area contributed by atoms with Crippen LogP contribution in [0.4, 0.5) is 11.4 Å². The summed E-state index contributed by atoms with van der Waals surface area (Å²) in [6.07, 6.45) is 0. The zero-order valence-corrected chi connectivity index (χ0v) is 17.5. The van der Waals surface area contributed by atoms with E-state index in [-0.39, 0.29) is 11.7 Å². The van der Waals surface area contributed by atoms with Gasteiger partial charge in [0.15, 0.2) is 11.0 Å². The summed E-state index contributed by atoms with van der Waals surface area (Å²) in [5.74, 6) is 1.04. The average Bonchev–Trinajstić information content (AvgIpc) is 3.11. The van der Waals surface area contributed by atoms with Crippen LogP contribution in [0.2, 0.25) is 0 Å². The maximum Gasteiger partial charge on any atom is 0.234 e. The SMILES string of the molecule is CCn1c(SCC(=O)Nc2ccc(C)cc2)nnc1-c1ccc(N(C)C)cc1. The molecule has 1 N–H and O–H groups in total. The van der Waals surface area contributed by atoms with Crippen LogP contribution in [0.5, 0.6) is 0 Å². The molecule has 0 fully saturated rings. The number of hydrogen-bond donors (Lipinski definition) is 1. The van der Waals surface area contributed by atoms with E-state index in [0.717, 1.165) is 40.0 Å². The van der Waals surface area contributed by atoms with Crippen molar-refractivity contribution in [3.8, 4) is 11.4 Å². The van der Waals surface area contributed by atoms with Crippen molar-refractivity contribution in [2.75, 3.05) is 30.1 Å². The molecule has 0 spiro atoms. The molecule has 1 aromatic heterocycles. The number of carbonyl (C=O) groups excluding carboxylic acids is 1. The molecular formula is C21H25N5OS. The highest BCUT2D eigenvalue weighted by Gasteiger charge is 2.15. The molecule has 6 nitrogen and oxygen atoms in total. The molecule has 0 saturated heterocycles. The molecule has 0 saturated carbocycles. The Morgan fingerprint density at radius 3 is 2.36 bits per heavy atom. The van der Waals surface area contributed by atoms with Gasteiger partial charge in [0.25, 0.3) is 0 Å². The number of anilines is 2. The van der Waals surface area contributed by atoms with Gasteiger partial charge in [0.05, 0.1) is 5.75 Å². The van der Waals surface area contributed by atoms with Gasteiger partial charge in [-0.2, -0.15) is 0 Å². The molecule has 0 aliphatic carbocycles. The van der Waals surface area contributed by atoms with Gasteiger partial charge in [-0.15, -0.1) is 10.2 Å². The van der Waals surface area contributed by atoms with Crippen LogP contribution >= 0.6 is 11.8 Å². The van der Waals surface area contributed by atoms with Crippen molar-refractivity contribution in [3.05, 3.63) is 54.1 Å². The van der Waals surface area contributed by atoms with E-state index in [1.807, 2.05) is 62.0 Å². The minimum atomic E-state index is -0.0589. The summed E-state index contributed by atoms with van der Waals surface area (Å²) >= 11 is 1.39. The van der Waals surface area contributed by atoms with Crippen LogP contribution in [0.25, 0.3) is 11.4 Å². The topological polar surface area (TPSA) is 63.1 Å². The second kappa shape index (κ2) is 8.93. The van der Waals surface area contributed by atoms with Crippen molar-refractivity contribution in [2.24, 2.45) is 0 Å². The fraction of sp³-hybridized carbons (Fsp3) is 0.286. The molecule has 0 aliphatic rings. The first kappa shape index (κ1) is 19.9. The van der Waals surface area contributed by atoms with E-state index in [1.54, 1.807) is 0 Å². The Hall–Kier alpha value is -2.80. The molecule has 2 aromatic carbocycles. The quantitative estimate of drug-likeness (QED) is 0.611. The zero-order valence-electron chi connectivity index (χ0n) is 16.6. The molecule has 146 valence electrons. The minimum Gasteiger partial charge on any atom is -0.378 e. The minimum absolute atomic E-state index is 0.0589. The van der Waals surface area contributed by atoms with Crippen molar-refractivity contribution in [1.29, 1.82) is 0 Å². The van der Waals surface area contributed by atoms with Crippen molar-refractivity contribution in [1.82, 2.24) is 14.8 Å². The van der Waals surface area contributed by atoms with E-state index in [0.29, 0.717) is 0 Å². The van der Waals surface area contributed by atoms with Gasteiger partial charge in [-0.3, -0.25) is 4.79 Å². The van der Waals surface area contributed by atoms with Crippen LogP contribution in [-0.2, 0) is 11.3 Å². The van der Waals surface area contributed by atoms with Gasteiger partial charge >= 0.3 is 0 Å². The molecule has 1 amide bonds. The van der Waals surface area contributed by atoms with E-state index >= 15 is 0 Å². The summed E-state index contributed by atoms with van der Waals surface area (Å²) in [6, 6.07) is 16.0. The van der Waals surface area contributed by atoms with Gasteiger partial charge in [-0.25, -0.2) is 0 Å². The zero-order chi connectivity index (χ0) is 20.1. The first-order chi connectivity index (χ1) is 13.5. The monoisotopic (exact) mass is 395 g/mol. The first-order valence-corrected chi connectivity index (χ1v) is 10.2. The highest BCUT2D eigenvalue weighted by atomic mass is 32.2. The van der Waals surface area contributed by atoms with Crippen molar-refractivity contribution in [3.63, 3.8) is 0 Å².